The highest BCUT2D eigenvalue weighted by Gasteiger charge is 2.10. The highest BCUT2D eigenvalue weighted by molar-refractivity contribution is 5.83. The number of pyridine rings is 1. The van der Waals surface area contributed by atoms with Crippen LogP contribution < -0.4 is 11.4 Å². The zero-order valence-corrected chi connectivity index (χ0v) is 8.94. The van der Waals surface area contributed by atoms with Crippen molar-refractivity contribution in [2.24, 2.45) is 0 Å². The highest BCUT2D eigenvalue weighted by Crippen LogP contribution is 2.20. The van der Waals surface area contributed by atoms with Gasteiger partial charge in [0.05, 0.1) is 6.20 Å². The van der Waals surface area contributed by atoms with Gasteiger partial charge in [0.15, 0.2) is 5.65 Å². The van der Waals surface area contributed by atoms with Crippen molar-refractivity contribution in [1.29, 1.82) is 0 Å². The molecule has 3 heterocycles. The summed E-state index contributed by atoms with van der Waals surface area (Å²) in [5.41, 5.74) is 6.05. The minimum Gasteiger partial charge on any atom is -0.383 e. The second kappa shape index (κ2) is 3.62. The van der Waals surface area contributed by atoms with Gasteiger partial charge in [-0.25, -0.2) is 14.2 Å². The molecule has 0 saturated carbocycles. The Morgan fingerprint density at radius 2 is 2.06 bits per heavy atom. The van der Waals surface area contributed by atoms with Crippen LogP contribution in [0.3, 0.4) is 0 Å². The molecule has 0 radical (unpaired) electrons. The third-order valence-corrected chi connectivity index (χ3v) is 2.38. The van der Waals surface area contributed by atoms with E-state index in [0.29, 0.717) is 16.9 Å². The van der Waals surface area contributed by atoms with E-state index in [1.54, 1.807) is 0 Å². The molecule has 0 amide bonds. The van der Waals surface area contributed by atoms with Gasteiger partial charge in [0.25, 0.3) is 0 Å². The number of imidazole rings is 1. The van der Waals surface area contributed by atoms with E-state index >= 15 is 0 Å². The molecule has 3 aromatic rings. The monoisotopic (exact) mass is 246 g/mol. The summed E-state index contributed by atoms with van der Waals surface area (Å²) in [5.74, 6) is -0.00623. The lowest BCUT2D eigenvalue weighted by Crippen LogP contribution is -2.12. The number of nitrogens with one attached hydrogen (secondary N) is 2. The van der Waals surface area contributed by atoms with Gasteiger partial charge in [0.1, 0.15) is 23.0 Å². The Morgan fingerprint density at radius 3 is 2.83 bits per heavy atom. The molecule has 0 aliphatic rings. The Hall–Kier alpha value is -2.77. The van der Waals surface area contributed by atoms with Crippen molar-refractivity contribution in [3.8, 4) is 11.4 Å². The number of aromatic amines is 2. The van der Waals surface area contributed by atoms with Gasteiger partial charge in [-0.2, -0.15) is 4.98 Å². The van der Waals surface area contributed by atoms with Crippen LogP contribution in [0.1, 0.15) is 0 Å². The van der Waals surface area contributed by atoms with Gasteiger partial charge < -0.3 is 10.7 Å². The predicted octanol–water partition coefficient (Wildman–Crippen LogP) is 0.429. The van der Waals surface area contributed by atoms with Crippen LogP contribution in [0, 0.1) is 5.82 Å². The molecular formula is C10H7FN6O. The van der Waals surface area contributed by atoms with Gasteiger partial charge in [0.2, 0.25) is 0 Å². The first kappa shape index (κ1) is 10.4. The Bertz CT molecular complexity index is 792. The summed E-state index contributed by atoms with van der Waals surface area (Å²) in [5, 5.41) is 0. The number of hydrogen-bond donors (Lipinski definition) is 3. The average molecular weight is 246 g/mol. The maximum Gasteiger partial charge on any atom is 0.348 e. The number of halogens is 1. The number of H-pyrrole nitrogens is 2. The van der Waals surface area contributed by atoms with Crippen LogP contribution in [0.4, 0.5) is 10.2 Å². The molecule has 4 N–H and O–H groups in total. The fourth-order valence-electron chi connectivity index (χ4n) is 1.61. The molecule has 8 heteroatoms. The van der Waals surface area contributed by atoms with Crippen LogP contribution in [0.2, 0.25) is 0 Å². The van der Waals surface area contributed by atoms with E-state index in [4.69, 9.17) is 5.73 Å². The Labute approximate surface area is 98.9 Å². The molecule has 3 rings (SSSR count). The third kappa shape index (κ3) is 1.59. The van der Waals surface area contributed by atoms with Crippen molar-refractivity contribution in [1.82, 2.24) is 24.9 Å². The molecule has 0 fully saturated rings. The van der Waals surface area contributed by atoms with Crippen LogP contribution in [0.5, 0.6) is 0 Å². The van der Waals surface area contributed by atoms with E-state index in [1.165, 1.54) is 12.3 Å². The summed E-state index contributed by atoms with van der Waals surface area (Å²) in [6.45, 7) is 0. The number of hydrogen-bond acceptors (Lipinski definition) is 5. The first-order chi connectivity index (χ1) is 8.63. The zero-order valence-electron chi connectivity index (χ0n) is 8.94. The SMILES string of the molecule is Nc1[nH]c(=O)nc2nc(-c3cncc(F)c3)[nH]c12. The van der Waals surface area contributed by atoms with E-state index < -0.39 is 11.5 Å². The normalized spacial score (nSPS) is 10.9. The lowest BCUT2D eigenvalue weighted by atomic mass is 10.3. The third-order valence-electron chi connectivity index (χ3n) is 2.38. The molecule has 7 nitrogen and oxygen atoms in total. The molecule has 0 bridgehead atoms. The maximum atomic E-state index is 13.1. The highest BCUT2D eigenvalue weighted by atomic mass is 19.1. The van der Waals surface area contributed by atoms with E-state index in [1.807, 2.05) is 0 Å². The minimum absolute atomic E-state index is 0.133. The van der Waals surface area contributed by atoms with Gasteiger partial charge in [-0.3, -0.25) is 9.97 Å². The molecule has 0 saturated heterocycles. The number of aromatic nitrogens is 5. The largest absolute Gasteiger partial charge is 0.383 e. The van der Waals surface area contributed by atoms with Crippen molar-refractivity contribution < 1.29 is 4.39 Å². The molecular weight excluding hydrogens is 239 g/mol. The van der Waals surface area contributed by atoms with E-state index in [0.717, 1.165) is 6.20 Å². The van der Waals surface area contributed by atoms with Crippen LogP contribution in [0.15, 0.2) is 23.3 Å². The summed E-state index contributed by atoms with van der Waals surface area (Å²) < 4.78 is 13.1. The van der Waals surface area contributed by atoms with Crippen molar-refractivity contribution in [3.05, 3.63) is 34.8 Å². The van der Waals surface area contributed by atoms with Crippen molar-refractivity contribution in [2.45, 2.75) is 0 Å². The lowest BCUT2D eigenvalue weighted by Gasteiger charge is -1.94. The van der Waals surface area contributed by atoms with Gasteiger partial charge >= 0.3 is 5.69 Å². The van der Waals surface area contributed by atoms with Crippen LogP contribution in [0.25, 0.3) is 22.6 Å². The van der Waals surface area contributed by atoms with E-state index in [2.05, 4.69) is 24.9 Å². The van der Waals surface area contributed by atoms with Crippen LogP contribution in [-0.2, 0) is 0 Å². The lowest BCUT2D eigenvalue weighted by molar-refractivity contribution is 0.622. The number of rotatable bonds is 1. The summed E-state index contributed by atoms with van der Waals surface area (Å²) in [4.78, 5) is 27.8. The number of anilines is 1. The molecule has 0 aliphatic carbocycles. The van der Waals surface area contributed by atoms with Crippen molar-refractivity contribution in [3.63, 3.8) is 0 Å². The molecule has 3 aromatic heterocycles. The number of fused-ring (bicyclic) bond motifs is 1. The number of nitrogens with zero attached hydrogens (tertiary/aromatic N) is 3. The summed E-state index contributed by atoms with van der Waals surface area (Å²) >= 11 is 0. The second-order valence-electron chi connectivity index (χ2n) is 3.63. The smallest absolute Gasteiger partial charge is 0.348 e. The number of nitrogens with two attached hydrogens (primary N) is 1. The molecule has 18 heavy (non-hydrogen) atoms. The zero-order chi connectivity index (χ0) is 12.7. The van der Waals surface area contributed by atoms with Crippen molar-refractivity contribution >= 4 is 17.0 Å². The molecule has 0 aromatic carbocycles. The molecule has 90 valence electrons. The fraction of sp³-hybridized carbons (Fsp3) is 0. The predicted molar refractivity (Wildman–Crippen MR) is 62.1 cm³/mol. The topological polar surface area (TPSA) is 113 Å². The van der Waals surface area contributed by atoms with Crippen molar-refractivity contribution in [2.75, 3.05) is 5.73 Å². The summed E-state index contributed by atoms with van der Waals surface area (Å²) in [6.07, 6.45) is 2.53. The van der Waals surface area contributed by atoms with Crippen LogP contribution in [-0.4, -0.2) is 24.9 Å². The first-order valence-corrected chi connectivity index (χ1v) is 5.00. The molecule has 0 spiro atoms. The second-order valence-corrected chi connectivity index (χ2v) is 3.63. The van der Waals surface area contributed by atoms with Gasteiger partial charge in [-0.05, 0) is 6.07 Å². The van der Waals surface area contributed by atoms with E-state index in [9.17, 15) is 9.18 Å². The standard InChI is InChI=1S/C10H7FN6O/c11-5-1-4(2-13-3-5)8-14-6-7(12)15-10(18)17-9(6)16-8/h1-3H,(H4,12,14,15,16,17,18). The first-order valence-electron chi connectivity index (χ1n) is 5.00. The summed E-state index contributed by atoms with van der Waals surface area (Å²) in [6, 6.07) is 1.27. The molecule has 0 atom stereocenters. The van der Waals surface area contributed by atoms with E-state index in [-0.39, 0.29) is 11.5 Å². The molecule has 0 unspecified atom stereocenters. The Morgan fingerprint density at radius 1 is 1.22 bits per heavy atom. The Kier molecular flexibility index (Phi) is 2.09. The van der Waals surface area contributed by atoms with Gasteiger partial charge in [-0.1, -0.05) is 0 Å². The summed E-state index contributed by atoms with van der Waals surface area (Å²) in [7, 11) is 0. The minimum atomic E-state index is -0.588. The fourth-order valence-corrected chi connectivity index (χ4v) is 1.61. The van der Waals surface area contributed by atoms with Crippen LogP contribution >= 0.6 is 0 Å². The maximum absolute atomic E-state index is 13.1. The molecule has 0 aliphatic heterocycles. The Balaban J connectivity index is 2.25. The number of nitrogen functional groups attached to an aromatic ring is 1. The van der Waals surface area contributed by atoms with Gasteiger partial charge in [-0.15, -0.1) is 0 Å². The average Bonchev–Trinajstić information content (AvgIpc) is 2.73. The van der Waals surface area contributed by atoms with Gasteiger partial charge in [0, 0.05) is 11.8 Å². The quantitative estimate of drug-likeness (QED) is 0.576.